The Hall–Kier alpha value is -1.43. The summed E-state index contributed by atoms with van der Waals surface area (Å²) in [7, 11) is 0. The fourth-order valence-corrected chi connectivity index (χ4v) is 3.19. The Balaban J connectivity index is 2.06. The minimum absolute atomic E-state index is 0.280. The van der Waals surface area contributed by atoms with Gasteiger partial charge < -0.3 is 10.2 Å². The average molecular weight is 308 g/mol. The highest BCUT2D eigenvalue weighted by atomic mass is 35.5. The number of benzene rings is 1. The molecule has 0 aliphatic rings. The molecule has 0 saturated heterocycles. The first-order valence-corrected chi connectivity index (χ1v) is 7.48. The Morgan fingerprint density at radius 1 is 1.35 bits per heavy atom. The first-order valence-electron chi connectivity index (χ1n) is 6.33. The summed E-state index contributed by atoms with van der Waals surface area (Å²) >= 11 is 7.44. The van der Waals surface area contributed by atoms with Gasteiger partial charge in [-0.05, 0) is 29.6 Å². The molecule has 0 spiro atoms. The smallest absolute Gasteiger partial charge is 0.152 e. The number of furan rings is 1. The standard InChI is InChI=1S/C14H14ClN3OS/c1-7(2)12-14(20-18-17-12)11(16)10-6-8-4-3-5-9(15)13(8)19-10/h3-7,11H,16H2,1-2H3. The van der Waals surface area contributed by atoms with Crippen LogP contribution < -0.4 is 5.73 Å². The van der Waals surface area contributed by atoms with Crippen molar-refractivity contribution in [2.24, 2.45) is 5.73 Å². The zero-order valence-electron chi connectivity index (χ0n) is 11.1. The Morgan fingerprint density at radius 2 is 2.15 bits per heavy atom. The molecule has 20 heavy (non-hydrogen) atoms. The number of hydrogen-bond donors (Lipinski definition) is 1. The third-order valence-electron chi connectivity index (χ3n) is 3.19. The molecule has 1 unspecified atom stereocenters. The molecule has 0 amide bonds. The van der Waals surface area contributed by atoms with E-state index >= 15 is 0 Å². The molecule has 0 radical (unpaired) electrons. The largest absolute Gasteiger partial charge is 0.457 e. The van der Waals surface area contributed by atoms with Crippen LogP contribution in [0, 0.1) is 0 Å². The zero-order valence-corrected chi connectivity index (χ0v) is 12.7. The van der Waals surface area contributed by atoms with Gasteiger partial charge in [0.05, 0.1) is 15.6 Å². The van der Waals surface area contributed by atoms with Gasteiger partial charge in [0, 0.05) is 5.39 Å². The quantitative estimate of drug-likeness (QED) is 0.791. The minimum atomic E-state index is -0.365. The number of rotatable bonds is 3. The molecule has 1 aromatic carbocycles. The monoisotopic (exact) mass is 307 g/mol. The van der Waals surface area contributed by atoms with Crippen LogP contribution in [0.4, 0.5) is 0 Å². The maximum absolute atomic E-state index is 6.31. The Labute approximate surface area is 125 Å². The van der Waals surface area contributed by atoms with Gasteiger partial charge in [0.25, 0.3) is 0 Å². The van der Waals surface area contributed by atoms with Gasteiger partial charge in [-0.25, -0.2) is 0 Å². The third-order valence-corrected chi connectivity index (χ3v) is 4.31. The van der Waals surface area contributed by atoms with Crippen LogP contribution in [0.1, 0.15) is 42.1 Å². The van der Waals surface area contributed by atoms with Crippen molar-refractivity contribution >= 4 is 34.1 Å². The zero-order chi connectivity index (χ0) is 14.3. The number of nitrogens with two attached hydrogens (primary N) is 1. The molecular formula is C14H14ClN3OS. The van der Waals surface area contributed by atoms with E-state index in [2.05, 4.69) is 23.4 Å². The Bertz CT molecular complexity index is 750. The van der Waals surface area contributed by atoms with Gasteiger partial charge in [0.2, 0.25) is 0 Å². The van der Waals surface area contributed by atoms with Crippen LogP contribution in [0.15, 0.2) is 28.7 Å². The normalized spacial score (nSPS) is 13.2. The van der Waals surface area contributed by atoms with Gasteiger partial charge in [-0.2, -0.15) is 0 Å². The molecule has 2 aromatic heterocycles. The van der Waals surface area contributed by atoms with Crippen LogP contribution >= 0.6 is 23.1 Å². The van der Waals surface area contributed by atoms with E-state index in [0.29, 0.717) is 16.4 Å². The summed E-state index contributed by atoms with van der Waals surface area (Å²) in [5, 5.41) is 5.70. The highest BCUT2D eigenvalue weighted by Gasteiger charge is 2.22. The van der Waals surface area contributed by atoms with E-state index in [1.165, 1.54) is 11.5 Å². The number of para-hydroxylation sites is 1. The lowest BCUT2D eigenvalue weighted by Gasteiger charge is -2.09. The second kappa shape index (κ2) is 5.16. The topological polar surface area (TPSA) is 64.9 Å². The molecule has 4 nitrogen and oxygen atoms in total. The summed E-state index contributed by atoms with van der Waals surface area (Å²) in [6.07, 6.45) is 0. The van der Waals surface area contributed by atoms with Crippen molar-refractivity contribution in [1.82, 2.24) is 9.59 Å². The Kier molecular flexibility index (Phi) is 3.50. The highest BCUT2D eigenvalue weighted by molar-refractivity contribution is 7.05. The number of halogens is 1. The molecule has 3 aromatic rings. The van der Waals surface area contributed by atoms with Crippen LogP contribution in [0.5, 0.6) is 0 Å². The fourth-order valence-electron chi connectivity index (χ4n) is 2.15. The van der Waals surface area contributed by atoms with Crippen molar-refractivity contribution in [2.45, 2.75) is 25.8 Å². The molecule has 0 saturated carbocycles. The fraction of sp³-hybridized carbons (Fsp3) is 0.286. The molecule has 1 atom stereocenters. The highest BCUT2D eigenvalue weighted by Crippen LogP contribution is 2.34. The van der Waals surface area contributed by atoms with Gasteiger partial charge in [0.1, 0.15) is 11.8 Å². The third kappa shape index (κ3) is 2.22. The van der Waals surface area contributed by atoms with E-state index < -0.39 is 0 Å². The van der Waals surface area contributed by atoms with E-state index in [1.54, 1.807) is 6.07 Å². The maximum Gasteiger partial charge on any atom is 0.152 e. The lowest BCUT2D eigenvalue weighted by Crippen LogP contribution is -2.12. The van der Waals surface area contributed by atoms with Gasteiger partial charge in [-0.3, -0.25) is 0 Å². The first kappa shape index (κ1) is 13.5. The number of aromatic nitrogens is 2. The van der Waals surface area contributed by atoms with Crippen molar-refractivity contribution in [3.8, 4) is 0 Å². The molecule has 2 N–H and O–H groups in total. The van der Waals surface area contributed by atoms with Crippen molar-refractivity contribution in [3.63, 3.8) is 0 Å². The molecular weight excluding hydrogens is 294 g/mol. The summed E-state index contributed by atoms with van der Waals surface area (Å²) in [5.41, 5.74) is 7.90. The second-order valence-corrected chi connectivity index (χ2v) is 6.15. The van der Waals surface area contributed by atoms with Gasteiger partial charge in [-0.15, -0.1) is 5.10 Å². The number of hydrogen-bond acceptors (Lipinski definition) is 5. The lowest BCUT2D eigenvalue weighted by atomic mass is 10.1. The van der Waals surface area contributed by atoms with Crippen LogP contribution in [0.3, 0.4) is 0 Å². The summed E-state index contributed by atoms with van der Waals surface area (Å²) in [4.78, 5) is 0.940. The summed E-state index contributed by atoms with van der Waals surface area (Å²) < 4.78 is 9.82. The van der Waals surface area contributed by atoms with Crippen LogP contribution in [0.2, 0.25) is 5.02 Å². The van der Waals surface area contributed by atoms with E-state index in [4.69, 9.17) is 21.8 Å². The summed E-state index contributed by atoms with van der Waals surface area (Å²) in [5.74, 6) is 0.962. The molecule has 2 heterocycles. The maximum atomic E-state index is 6.31. The summed E-state index contributed by atoms with van der Waals surface area (Å²) in [6.45, 7) is 4.14. The van der Waals surface area contributed by atoms with Crippen molar-refractivity contribution in [2.75, 3.05) is 0 Å². The van der Waals surface area contributed by atoms with E-state index in [-0.39, 0.29) is 12.0 Å². The molecule has 0 aliphatic heterocycles. The van der Waals surface area contributed by atoms with Crippen LogP contribution in [-0.4, -0.2) is 9.59 Å². The molecule has 6 heteroatoms. The molecule has 3 rings (SSSR count). The number of fused-ring (bicyclic) bond motifs is 1. The van der Waals surface area contributed by atoms with E-state index in [9.17, 15) is 0 Å². The molecule has 104 valence electrons. The molecule has 0 bridgehead atoms. The van der Waals surface area contributed by atoms with Crippen molar-refractivity contribution in [1.29, 1.82) is 0 Å². The summed E-state index contributed by atoms with van der Waals surface area (Å²) in [6, 6.07) is 7.21. The molecule has 0 fully saturated rings. The molecule has 0 aliphatic carbocycles. The van der Waals surface area contributed by atoms with E-state index in [0.717, 1.165) is 16.0 Å². The van der Waals surface area contributed by atoms with Crippen molar-refractivity contribution in [3.05, 3.63) is 45.6 Å². The van der Waals surface area contributed by atoms with Gasteiger partial charge in [0.15, 0.2) is 5.58 Å². The minimum Gasteiger partial charge on any atom is -0.457 e. The second-order valence-electron chi connectivity index (χ2n) is 4.96. The van der Waals surface area contributed by atoms with Crippen LogP contribution in [0.25, 0.3) is 11.0 Å². The van der Waals surface area contributed by atoms with Crippen LogP contribution in [-0.2, 0) is 0 Å². The predicted molar refractivity (Wildman–Crippen MR) is 81.3 cm³/mol. The van der Waals surface area contributed by atoms with Gasteiger partial charge in [-0.1, -0.05) is 42.1 Å². The number of nitrogens with zero attached hydrogens (tertiary/aromatic N) is 2. The predicted octanol–water partition coefficient (Wildman–Crippen LogP) is 4.11. The first-order chi connectivity index (χ1) is 9.58. The van der Waals surface area contributed by atoms with E-state index in [1.807, 2.05) is 18.2 Å². The SMILES string of the molecule is CC(C)c1nnsc1C(N)c1cc2cccc(Cl)c2o1. The van der Waals surface area contributed by atoms with Crippen molar-refractivity contribution < 1.29 is 4.42 Å². The lowest BCUT2D eigenvalue weighted by molar-refractivity contribution is 0.525. The van der Waals surface area contributed by atoms with Gasteiger partial charge >= 0.3 is 0 Å². The average Bonchev–Trinajstić information content (AvgIpc) is 3.05. The Morgan fingerprint density at radius 3 is 2.85 bits per heavy atom.